The number of carbonyl (C=O) groups is 1. The van der Waals surface area contributed by atoms with Crippen molar-refractivity contribution >= 4 is 5.97 Å². The second-order valence-electron chi connectivity index (χ2n) is 1.93. The van der Waals surface area contributed by atoms with Crippen LogP contribution in [0.25, 0.3) is 0 Å². The zero-order chi connectivity index (χ0) is 7.98. The van der Waals surface area contributed by atoms with E-state index >= 15 is 0 Å². The van der Waals surface area contributed by atoms with E-state index in [1.54, 1.807) is 0 Å². The van der Waals surface area contributed by atoms with Gasteiger partial charge in [-0.2, -0.15) is 0 Å². The smallest absolute Gasteiger partial charge is 0.322 e. The van der Waals surface area contributed by atoms with Crippen molar-refractivity contribution in [2.75, 3.05) is 7.11 Å². The molecular formula is C7H13NO2. The predicted octanol–water partition coefficient (Wildman–Crippen LogP) is 0.453. The average molecular weight is 143 g/mol. The lowest BCUT2D eigenvalue weighted by Gasteiger charge is -2.04. The monoisotopic (exact) mass is 143 g/mol. The number of rotatable bonds is 3. The van der Waals surface area contributed by atoms with Gasteiger partial charge in [-0.1, -0.05) is 12.2 Å². The maximum Gasteiger partial charge on any atom is 0.322 e. The Morgan fingerprint density at radius 1 is 1.80 bits per heavy atom. The van der Waals surface area contributed by atoms with Gasteiger partial charge in [0.25, 0.3) is 0 Å². The van der Waals surface area contributed by atoms with Gasteiger partial charge in [0.05, 0.1) is 7.11 Å². The molecule has 2 N–H and O–H groups in total. The van der Waals surface area contributed by atoms with Gasteiger partial charge in [0.1, 0.15) is 6.04 Å². The molecule has 3 nitrogen and oxygen atoms in total. The van der Waals surface area contributed by atoms with E-state index in [-0.39, 0.29) is 5.97 Å². The lowest BCUT2D eigenvalue weighted by Crippen LogP contribution is -2.30. The normalized spacial score (nSPS) is 13.5. The van der Waals surface area contributed by atoms with Gasteiger partial charge in [-0.3, -0.25) is 4.79 Å². The summed E-state index contributed by atoms with van der Waals surface area (Å²) in [5, 5.41) is 0. The van der Waals surface area contributed by atoms with Crippen LogP contribution in [0.1, 0.15) is 13.3 Å². The quantitative estimate of drug-likeness (QED) is 0.461. The summed E-state index contributed by atoms with van der Waals surface area (Å²) < 4.78 is 4.41. The minimum absolute atomic E-state index is 0.363. The zero-order valence-corrected chi connectivity index (χ0v) is 6.33. The number of esters is 1. The highest BCUT2D eigenvalue weighted by Gasteiger charge is 2.10. The van der Waals surface area contributed by atoms with E-state index in [0.29, 0.717) is 6.42 Å². The van der Waals surface area contributed by atoms with Crippen molar-refractivity contribution < 1.29 is 9.53 Å². The van der Waals surface area contributed by atoms with Crippen LogP contribution in [0.2, 0.25) is 0 Å². The number of ether oxygens (including phenoxy) is 1. The van der Waals surface area contributed by atoms with Gasteiger partial charge in [0.15, 0.2) is 0 Å². The van der Waals surface area contributed by atoms with Crippen LogP contribution < -0.4 is 5.73 Å². The van der Waals surface area contributed by atoms with Gasteiger partial charge >= 0.3 is 5.97 Å². The minimum Gasteiger partial charge on any atom is -0.468 e. The van der Waals surface area contributed by atoms with Crippen LogP contribution in [-0.4, -0.2) is 19.1 Å². The van der Waals surface area contributed by atoms with E-state index in [0.717, 1.165) is 0 Å². The maximum atomic E-state index is 10.6. The molecule has 0 saturated carbocycles. The Morgan fingerprint density at radius 3 is 2.80 bits per heavy atom. The predicted molar refractivity (Wildman–Crippen MR) is 39.4 cm³/mol. The van der Waals surface area contributed by atoms with Crippen molar-refractivity contribution in [3.05, 3.63) is 12.2 Å². The molecule has 58 valence electrons. The number of nitrogens with two attached hydrogens (primary N) is 1. The fourth-order valence-electron chi connectivity index (χ4n) is 0.530. The van der Waals surface area contributed by atoms with E-state index in [4.69, 9.17) is 5.73 Å². The molecule has 0 aliphatic carbocycles. The molecule has 0 aromatic carbocycles. The molecule has 0 bridgehead atoms. The highest BCUT2D eigenvalue weighted by atomic mass is 16.5. The van der Waals surface area contributed by atoms with Gasteiger partial charge in [-0.05, 0) is 13.3 Å². The molecule has 0 aliphatic heterocycles. The van der Waals surface area contributed by atoms with Crippen molar-refractivity contribution in [3.8, 4) is 0 Å². The lowest BCUT2D eigenvalue weighted by molar-refractivity contribution is -0.142. The first-order valence-corrected chi connectivity index (χ1v) is 3.17. The fourth-order valence-corrected chi connectivity index (χ4v) is 0.530. The molecule has 3 heteroatoms. The average Bonchev–Trinajstić information content (AvgIpc) is 1.98. The molecule has 0 spiro atoms. The highest BCUT2D eigenvalue weighted by Crippen LogP contribution is 1.91. The molecule has 0 aliphatic rings. The van der Waals surface area contributed by atoms with Crippen molar-refractivity contribution in [1.82, 2.24) is 0 Å². The van der Waals surface area contributed by atoms with Gasteiger partial charge in [-0.25, -0.2) is 0 Å². The topological polar surface area (TPSA) is 52.3 Å². The fraction of sp³-hybridized carbons (Fsp3) is 0.571. The number of allylic oxidation sites excluding steroid dienone is 1. The third-order valence-corrected chi connectivity index (χ3v) is 1.13. The van der Waals surface area contributed by atoms with Gasteiger partial charge in [0.2, 0.25) is 0 Å². The summed E-state index contributed by atoms with van der Waals surface area (Å²) in [4.78, 5) is 10.6. The Bertz CT molecular complexity index is 132. The zero-order valence-electron chi connectivity index (χ0n) is 6.33. The highest BCUT2D eigenvalue weighted by molar-refractivity contribution is 5.75. The number of methoxy groups -OCH3 is 1. The first-order chi connectivity index (χ1) is 4.72. The molecule has 0 rings (SSSR count). The van der Waals surface area contributed by atoms with E-state index in [2.05, 4.69) is 4.74 Å². The molecule has 0 saturated heterocycles. The van der Waals surface area contributed by atoms with Crippen LogP contribution >= 0.6 is 0 Å². The SMILES string of the molecule is C/C=C\CC(N)C(=O)OC. The molecular weight excluding hydrogens is 130 g/mol. The maximum absolute atomic E-state index is 10.6. The van der Waals surface area contributed by atoms with Crippen LogP contribution in [0.5, 0.6) is 0 Å². The summed E-state index contributed by atoms with van der Waals surface area (Å²) in [6.07, 6.45) is 4.23. The van der Waals surface area contributed by atoms with Crippen molar-refractivity contribution in [2.24, 2.45) is 5.73 Å². The van der Waals surface area contributed by atoms with Crippen molar-refractivity contribution in [2.45, 2.75) is 19.4 Å². The van der Waals surface area contributed by atoms with Crippen molar-refractivity contribution in [3.63, 3.8) is 0 Å². The van der Waals surface area contributed by atoms with Gasteiger partial charge in [-0.15, -0.1) is 0 Å². The van der Waals surface area contributed by atoms with E-state index in [1.807, 2.05) is 19.1 Å². The minimum atomic E-state index is -0.513. The largest absolute Gasteiger partial charge is 0.468 e. The molecule has 0 heterocycles. The summed E-state index contributed by atoms with van der Waals surface area (Å²) in [5.74, 6) is -0.363. The molecule has 10 heavy (non-hydrogen) atoms. The summed E-state index contributed by atoms with van der Waals surface area (Å²) in [6, 6.07) is -0.513. The second-order valence-corrected chi connectivity index (χ2v) is 1.93. The van der Waals surface area contributed by atoms with E-state index in [9.17, 15) is 4.79 Å². The first-order valence-electron chi connectivity index (χ1n) is 3.17. The molecule has 0 aromatic heterocycles. The summed E-state index contributed by atoms with van der Waals surface area (Å²) in [5.41, 5.74) is 5.39. The first kappa shape index (κ1) is 9.17. The molecule has 1 unspecified atom stereocenters. The molecule has 1 atom stereocenters. The van der Waals surface area contributed by atoms with E-state index in [1.165, 1.54) is 7.11 Å². The van der Waals surface area contributed by atoms with Crippen LogP contribution in [-0.2, 0) is 9.53 Å². The lowest BCUT2D eigenvalue weighted by atomic mass is 10.2. The number of hydrogen-bond donors (Lipinski definition) is 1. The van der Waals surface area contributed by atoms with Crippen molar-refractivity contribution in [1.29, 1.82) is 0 Å². The Labute approximate surface area is 60.9 Å². The molecule has 0 fully saturated rings. The van der Waals surface area contributed by atoms with E-state index < -0.39 is 6.04 Å². The van der Waals surface area contributed by atoms with Crippen LogP contribution in [0, 0.1) is 0 Å². The summed E-state index contributed by atoms with van der Waals surface area (Å²) in [6.45, 7) is 1.88. The molecule has 0 radical (unpaired) electrons. The van der Waals surface area contributed by atoms with Crippen LogP contribution in [0.4, 0.5) is 0 Å². The Hall–Kier alpha value is -0.830. The summed E-state index contributed by atoms with van der Waals surface area (Å²) in [7, 11) is 1.33. The molecule has 0 amide bonds. The van der Waals surface area contributed by atoms with Crippen LogP contribution in [0.3, 0.4) is 0 Å². The van der Waals surface area contributed by atoms with Gasteiger partial charge < -0.3 is 10.5 Å². The second kappa shape index (κ2) is 4.99. The Kier molecular flexibility index (Phi) is 4.58. The molecule has 0 aromatic rings. The Morgan fingerprint density at radius 2 is 2.40 bits per heavy atom. The third-order valence-electron chi connectivity index (χ3n) is 1.13. The van der Waals surface area contributed by atoms with Crippen LogP contribution in [0.15, 0.2) is 12.2 Å². The standard InChI is InChI=1S/C7H13NO2/c1-3-4-5-6(8)7(9)10-2/h3-4,6H,5,8H2,1-2H3/b4-3-. The Balaban J connectivity index is 3.61. The number of carbonyl (C=O) groups excluding carboxylic acids is 1. The number of hydrogen-bond acceptors (Lipinski definition) is 3. The van der Waals surface area contributed by atoms with Gasteiger partial charge in [0, 0.05) is 0 Å². The third kappa shape index (κ3) is 3.25. The summed E-state index contributed by atoms with van der Waals surface area (Å²) >= 11 is 0.